The molecule has 0 amide bonds. The largest absolute Gasteiger partial charge is 0.329 e. The van der Waals surface area contributed by atoms with E-state index < -0.39 is 0 Å². The van der Waals surface area contributed by atoms with Crippen LogP contribution in [-0.2, 0) is 6.54 Å². The first-order valence-electron chi connectivity index (χ1n) is 6.47. The number of hydrogen-bond acceptors (Lipinski definition) is 3. The Morgan fingerprint density at radius 3 is 2.63 bits per heavy atom. The highest BCUT2D eigenvalue weighted by Crippen LogP contribution is 2.28. The Balaban J connectivity index is 2.21. The SMILES string of the molecule is CCN(Cc1cccs1)C(CN)c1ccccc1Cl. The molecule has 0 radical (unpaired) electrons. The molecule has 0 aliphatic heterocycles. The van der Waals surface area contributed by atoms with Gasteiger partial charge in [0.1, 0.15) is 0 Å². The van der Waals surface area contributed by atoms with Crippen molar-refractivity contribution in [1.82, 2.24) is 4.90 Å². The number of rotatable bonds is 6. The highest BCUT2D eigenvalue weighted by molar-refractivity contribution is 7.09. The summed E-state index contributed by atoms with van der Waals surface area (Å²) in [6.45, 7) is 4.60. The second kappa shape index (κ2) is 7.06. The number of hydrogen-bond donors (Lipinski definition) is 1. The van der Waals surface area contributed by atoms with Gasteiger partial charge in [0.25, 0.3) is 0 Å². The Morgan fingerprint density at radius 1 is 1.26 bits per heavy atom. The lowest BCUT2D eigenvalue weighted by molar-refractivity contribution is 0.205. The average molecular weight is 295 g/mol. The van der Waals surface area contributed by atoms with E-state index in [1.54, 1.807) is 11.3 Å². The summed E-state index contributed by atoms with van der Waals surface area (Å²) in [5.74, 6) is 0. The van der Waals surface area contributed by atoms with Gasteiger partial charge >= 0.3 is 0 Å². The van der Waals surface area contributed by atoms with Gasteiger partial charge in [-0.05, 0) is 29.6 Å². The molecule has 2 nitrogen and oxygen atoms in total. The number of nitrogens with zero attached hydrogens (tertiary/aromatic N) is 1. The summed E-state index contributed by atoms with van der Waals surface area (Å²) in [5, 5.41) is 2.90. The molecule has 0 aliphatic carbocycles. The normalized spacial score (nSPS) is 12.8. The second-order valence-corrected chi connectivity index (χ2v) is 5.85. The zero-order valence-electron chi connectivity index (χ0n) is 11.1. The summed E-state index contributed by atoms with van der Waals surface area (Å²) in [4.78, 5) is 3.72. The van der Waals surface area contributed by atoms with Crippen LogP contribution in [0.1, 0.15) is 23.4 Å². The maximum atomic E-state index is 6.30. The number of halogens is 1. The molecule has 0 saturated heterocycles. The standard InChI is InChI=1S/C15H19ClN2S/c1-2-18(11-12-6-5-9-19-12)15(10-17)13-7-3-4-8-14(13)16/h3-9,15H,2,10-11,17H2,1H3. The molecule has 1 aromatic heterocycles. The van der Waals surface area contributed by atoms with E-state index in [1.807, 2.05) is 18.2 Å². The van der Waals surface area contributed by atoms with Crippen molar-refractivity contribution < 1.29 is 0 Å². The molecule has 19 heavy (non-hydrogen) atoms. The zero-order chi connectivity index (χ0) is 13.7. The topological polar surface area (TPSA) is 29.3 Å². The van der Waals surface area contributed by atoms with Gasteiger partial charge in [0.2, 0.25) is 0 Å². The molecule has 1 aromatic carbocycles. The van der Waals surface area contributed by atoms with Crippen molar-refractivity contribution in [2.24, 2.45) is 5.73 Å². The van der Waals surface area contributed by atoms with Crippen LogP contribution >= 0.6 is 22.9 Å². The van der Waals surface area contributed by atoms with Crippen molar-refractivity contribution in [3.8, 4) is 0 Å². The van der Waals surface area contributed by atoms with Crippen LogP contribution in [0.2, 0.25) is 5.02 Å². The lowest BCUT2D eigenvalue weighted by Gasteiger charge is -2.30. The van der Waals surface area contributed by atoms with Gasteiger partial charge < -0.3 is 5.73 Å². The maximum absolute atomic E-state index is 6.30. The van der Waals surface area contributed by atoms with Crippen LogP contribution < -0.4 is 5.73 Å². The first-order valence-corrected chi connectivity index (χ1v) is 7.73. The van der Waals surface area contributed by atoms with E-state index in [9.17, 15) is 0 Å². The Kier molecular flexibility index (Phi) is 5.40. The predicted octanol–water partition coefficient (Wildman–Crippen LogP) is 3.92. The second-order valence-electron chi connectivity index (χ2n) is 4.42. The molecule has 2 rings (SSSR count). The van der Waals surface area contributed by atoms with Crippen molar-refractivity contribution >= 4 is 22.9 Å². The van der Waals surface area contributed by atoms with Gasteiger partial charge in [-0.1, -0.05) is 42.8 Å². The summed E-state index contributed by atoms with van der Waals surface area (Å²) < 4.78 is 0. The van der Waals surface area contributed by atoms with Gasteiger partial charge in [-0.3, -0.25) is 4.90 Å². The van der Waals surface area contributed by atoms with E-state index in [-0.39, 0.29) is 6.04 Å². The molecule has 0 aliphatic rings. The fraction of sp³-hybridized carbons (Fsp3) is 0.333. The number of nitrogens with two attached hydrogens (primary N) is 1. The van der Waals surface area contributed by atoms with Crippen LogP contribution in [-0.4, -0.2) is 18.0 Å². The third kappa shape index (κ3) is 3.57. The molecule has 102 valence electrons. The van der Waals surface area contributed by atoms with Crippen molar-refractivity contribution in [2.75, 3.05) is 13.1 Å². The molecule has 2 aromatic rings. The van der Waals surface area contributed by atoms with Crippen molar-refractivity contribution in [1.29, 1.82) is 0 Å². The quantitative estimate of drug-likeness (QED) is 0.875. The summed E-state index contributed by atoms with van der Waals surface area (Å²) in [7, 11) is 0. The zero-order valence-corrected chi connectivity index (χ0v) is 12.6. The Bertz CT molecular complexity index is 499. The molecule has 2 N–H and O–H groups in total. The summed E-state index contributed by atoms with van der Waals surface area (Å²) in [5.41, 5.74) is 7.10. The maximum Gasteiger partial charge on any atom is 0.0488 e. The van der Waals surface area contributed by atoms with E-state index in [0.717, 1.165) is 23.7 Å². The van der Waals surface area contributed by atoms with E-state index in [4.69, 9.17) is 17.3 Å². The molecule has 0 bridgehead atoms. The molecular formula is C15H19ClN2S. The lowest BCUT2D eigenvalue weighted by atomic mass is 10.1. The van der Waals surface area contributed by atoms with E-state index in [0.29, 0.717) is 6.54 Å². The van der Waals surface area contributed by atoms with E-state index in [1.165, 1.54) is 4.88 Å². The van der Waals surface area contributed by atoms with Crippen LogP contribution in [0.4, 0.5) is 0 Å². The van der Waals surface area contributed by atoms with Gasteiger partial charge in [0.05, 0.1) is 0 Å². The average Bonchev–Trinajstić information content (AvgIpc) is 2.93. The molecule has 0 fully saturated rings. The van der Waals surface area contributed by atoms with Crippen LogP contribution in [0, 0.1) is 0 Å². The summed E-state index contributed by atoms with van der Waals surface area (Å²) in [6, 6.07) is 12.4. The van der Waals surface area contributed by atoms with E-state index in [2.05, 4.69) is 35.4 Å². The first kappa shape index (κ1) is 14.5. The Hall–Kier alpha value is -0.870. The number of likely N-dealkylation sites (N-methyl/N-ethyl adjacent to an activating group) is 1. The van der Waals surface area contributed by atoms with Gasteiger partial charge in [-0.25, -0.2) is 0 Å². The summed E-state index contributed by atoms with van der Waals surface area (Å²) in [6.07, 6.45) is 0. The fourth-order valence-electron chi connectivity index (χ4n) is 2.26. The Morgan fingerprint density at radius 2 is 2.05 bits per heavy atom. The van der Waals surface area contributed by atoms with Crippen molar-refractivity contribution in [3.63, 3.8) is 0 Å². The molecule has 4 heteroatoms. The molecule has 1 heterocycles. The van der Waals surface area contributed by atoms with Crippen LogP contribution in [0.15, 0.2) is 41.8 Å². The smallest absolute Gasteiger partial charge is 0.0488 e. The monoisotopic (exact) mass is 294 g/mol. The van der Waals surface area contributed by atoms with Crippen LogP contribution in [0.3, 0.4) is 0 Å². The van der Waals surface area contributed by atoms with E-state index >= 15 is 0 Å². The van der Waals surface area contributed by atoms with Crippen molar-refractivity contribution in [3.05, 3.63) is 57.2 Å². The molecular weight excluding hydrogens is 276 g/mol. The first-order chi connectivity index (χ1) is 9.26. The molecule has 1 atom stereocenters. The highest BCUT2D eigenvalue weighted by Gasteiger charge is 2.20. The number of benzene rings is 1. The van der Waals surface area contributed by atoms with Gasteiger partial charge in [0, 0.05) is 29.0 Å². The lowest BCUT2D eigenvalue weighted by Crippen LogP contribution is -2.33. The van der Waals surface area contributed by atoms with Gasteiger partial charge in [0.15, 0.2) is 0 Å². The van der Waals surface area contributed by atoms with Crippen LogP contribution in [0.5, 0.6) is 0 Å². The Labute approximate surface area is 123 Å². The molecule has 1 unspecified atom stereocenters. The minimum Gasteiger partial charge on any atom is -0.329 e. The van der Waals surface area contributed by atoms with Gasteiger partial charge in [-0.2, -0.15) is 0 Å². The van der Waals surface area contributed by atoms with Crippen molar-refractivity contribution in [2.45, 2.75) is 19.5 Å². The molecule has 0 spiro atoms. The highest BCUT2D eigenvalue weighted by atomic mass is 35.5. The third-order valence-electron chi connectivity index (χ3n) is 3.27. The minimum absolute atomic E-state index is 0.167. The fourth-order valence-corrected chi connectivity index (χ4v) is 3.25. The van der Waals surface area contributed by atoms with Gasteiger partial charge in [-0.15, -0.1) is 11.3 Å². The summed E-state index contributed by atoms with van der Waals surface area (Å²) >= 11 is 8.08. The third-order valence-corrected chi connectivity index (χ3v) is 4.48. The molecule has 0 saturated carbocycles. The van der Waals surface area contributed by atoms with Crippen LogP contribution in [0.25, 0.3) is 0 Å². The predicted molar refractivity (Wildman–Crippen MR) is 83.7 cm³/mol. The minimum atomic E-state index is 0.167. The number of thiophene rings is 1.